The molecule has 7 amide bonds. The maximum Gasteiger partial charge on any atom is 0.326 e. The van der Waals surface area contributed by atoms with Crippen molar-refractivity contribution in [3.63, 3.8) is 0 Å². The number of rotatable bonds is 39. The highest BCUT2D eigenvalue weighted by Gasteiger charge is 2.36. The Morgan fingerprint density at radius 3 is 0.842 bits per heavy atom. The number of fused-ring (bicyclic) bond motifs is 4. The Balaban J connectivity index is 1.10. The number of aliphatic carboxylic acids is 1. The van der Waals surface area contributed by atoms with E-state index in [9.17, 15) is 19.5 Å². The van der Waals surface area contributed by atoms with E-state index in [1.54, 1.807) is 49.1 Å². The molecule has 0 saturated carbocycles. The lowest BCUT2D eigenvalue weighted by molar-refractivity contribution is -0.142. The molecule has 30 N–H and O–H groups in total. The first-order valence-corrected chi connectivity index (χ1v) is 33.1. The molecular weight excluding hydrogens is 1300 g/mol. The van der Waals surface area contributed by atoms with Crippen molar-refractivity contribution in [2.75, 3.05) is 26.2 Å². The monoisotopic (exact) mass is 1390 g/mol. The molecule has 101 heavy (non-hydrogen) atoms. The summed E-state index contributed by atoms with van der Waals surface area (Å²) in [6.07, 6.45) is 6.66. The van der Waals surface area contributed by atoms with Gasteiger partial charge in [-0.25, -0.2) is 4.79 Å². The number of hydrogen-bond acceptors (Lipinski definition) is 13. The van der Waals surface area contributed by atoms with E-state index in [2.05, 4.69) is 78.4 Å². The van der Waals surface area contributed by atoms with E-state index in [4.69, 9.17) is 50.3 Å². The number of H-pyrrole nitrogens is 4. The van der Waals surface area contributed by atoms with E-state index < -0.39 is 95.7 Å². The first kappa shape index (κ1) is 74.6. The summed E-state index contributed by atoms with van der Waals surface area (Å²) in [6.45, 7) is 0.486. The van der Waals surface area contributed by atoms with E-state index in [0.29, 0.717) is 50.4 Å². The molecule has 0 spiro atoms. The Morgan fingerprint density at radius 1 is 0.337 bits per heavy atom. The van der Waals surface area contributed by atoms with Crippen LogP contribution < -0.4 is 87.2 Å². The molecule has 0 bridgehead atoms. The normalized spacial score (nSPS) is 13.6. The molecule has 0 radical (unpaired) electrons. The van der Waals surface area contributed by atoms with Crippen LogP contribution in [-0.4, -0.2) is 171 Å². The highest BCUT2D eigenvalue weighted by Crippen LogP contribution is 2.24. The quantitative estimate of drug-likeness (QED) is 0.0134. The van der Waals surface area contributed by atoms with Gasteiger partial charge in [0.05, 0.1) is 6.04 Å². The SMILES string of the molecule is N=C(N)NCCC[C@H](NC(=O)[C@H](Cc1c[nH]c2ccccc12)NC(=O)[C@H](Cc1c[nH]c2ccccc12)NC(=O)[C@H](CCCNC(=N)N)NC(=O)[C@H](CCCNC(=N)N)NC(=O)[C@H](Cc1c[nH]c2ccccc12)NC(=O)[C@H](Cc1c[nH]c2ccccc12)NC(=O)[C@@H](N)CCCNC(=N)N)C(=O)O. The van der Waals surface area contributed by atoms with Crippen LogP contribution in [0.3, 0.4) is 0 Å². The van der Waals surface area contributed by atoms with Crippen LogP contribution in [0.5, 0.6) is 0 Å². The van der Waals surface area contributed by atoms with Crippen molar-refractivity contribution in [3.05, 3.63) is 144 Å². The van der Waals surface area contributed by atoms with Gasteiger partial charge in [0.25, 0.3) is 0 Å². The fourth-order valence-corrected chi connectivity index (χ4v) is 11.9. The predicted octanol–water partition coefficient (Wildman–Crippen LogP) is -0.259. The van der Waals surface area contributed by atoms with Crippen LogP contribution in [0.4, 0.5) is 0 Å². The number of nitrogens with two attached hydrogens (primary N) is 5. The number of carbonyl (C=O) groups excluding carboxylic acids is 7. The van der Waals surface area contributed by atoms with Crippen molar-refractivity contribution in [2.24, 2.45) is 28.7 Å². The van der Waals surface area contributed by atoms with Crippen LogP contribution in [-0.2, 0) is 64.0 Å². The van der Waals surface area contributed by atoms with E-state index in [-0.39, 0.29) is 121 Å². The summed E-state index contributed by atoms with van der Waals surface area (Å²) in [4.78, 5) is 130. The molecule has 4 aromatic heterocycles. The summed E-state index contributed by atoms with van der Waals surface area (Å²) in [5, 5.41) is 74.0. The smallest absolute Gasteiger partial charge is 0.326 e. The second kappa shape index (κ2) is 36.4. The first-order valence-electron chi connectivity index (χ1n) is 33.1. The molecule has 536 valence electrons. The predicted molar refractivity (Wildman–Crippen MR) is 384 cm³/mol. The number of nitrogens with one attached hydrogen (secondary N) is 19. The summed E-state index contributed by atoms with van der Waals surface area (Å²) < 4.78 is 0. The molecule has 8 atom stereocenters. The Labute approximate surface area is 580 Å². The Morgan fingerprint density at radius 2 is 0.564 bits per heavy atom. The van der Waals surface area contributed by atoms with Crippen LogP contribution in [0.25, 0.3) is 43.6 Å². The van der Waals surface area contributed by atoms with Gasteiger partial charge in [-0.3, -0.25) is 55.2 Å². The number of carboxylic acid groups (broad SMARTS) is 1. The number of carbonyl (C=O) groups is 8. The van der Waals surface area contributed by atoms with Crippen molar-refractivity contribution >= 4 is 115 Å². The van der Waals surface area contributed by atoms with Gasteiger partial charge in [-0.05, 0) is 97.9 Å². The summed E-state index contributed by atoms with van der Waals surface area (Å²) in [5.74, 6) is -8.53. The molecule has 4 heterocycles. The average Bonchev–Trinajstić information content (AvgIpc) is 1.74. The fourth-order valence-electron chi connectivity index (χ4n) is 11.9. The zero-order chi connectivity index (χ0) is 72.5. The summed E-state index contributed by atoms with van der Waals surface area (Å²) >= 11 is 0. The van der Waals surface area contributed by atoms with Crippen molar-refractivity contribution in [3.8, 4) is 0 Å². The number of amides is 7. The van der Waals surface area contributed by atoms with E-state index in [1.807, 2.05) is 72.8 Å². The minimum absolute atomic E-state index is 0.0435. The largest absolute Gasteiger partial charge is 0.480 e. The van der Waals surface area contributed by atoms with E-state index >= 15 is 24.0 Å². The lowest BCUT2D eigenvalue weighted by atomic mass is 10.00. The lowest BCUT2D eigenvalue weighted by Crippen LogP contribution is -2.61. The maximum atomic E-state index is 15.3. The number of hydrogen-bond donors (Lipinski definition) is 25. The molecule has 4 aromatic carbocycles. The minimum atomic E-state index is -1.51. The highest BCUT2D eigenvalue weighted by molar-refractivity contribution is 5.99. The molecule has 0 aliphatic rings. The van der Waals surface area contributed by atoms with Gasteiger partial charge in [0.15, 0.2) is 23.8 Å². The van der Waals surface area contributed by atoms with Crippen LogP contribution >= 0.6 is 0 Å². The van der Waals surface area contributed by atoms with E-state index in [1.165, 1.54) is 0 Å². The number of carboxylic acids is 1. The Hall–Kier alpha value is -12.2. The van der Waals surface area contributed by atoms with E-state index in [0.717, 1.165) is 21.9 Å². The number of guanidine groups is 4. The van der Waals surface area contributed by atoms with Crippen LogP contribution in [0, 0.1) is 21.6 Å². The van der Waals surface area contributed by atoms with Gasteiger partial charge in [-0.15, -0.1) is 0 Å². The van der Waals surface area contributed by atoms with Crippen LogP contribution in [0.15, 0.2) is 122 Å². The molecule has 33 nitrogen and oxygen atoms in total. The standard InChI is InChI=1S/C68H90N24O9/c69-45(17-9-25-78-65(70)71)57(93)89-53(29-37-33-82-46-18-5-1-13-41(37)46)62(98)91-54(30-38-34-83-47-19-6-2-14-42(38)47)60(96)87-50(22-10-26-79-66(72)73)58(94)86-51(23-11-27-80-67(74)75)59(95)90-56(32-40-36-85-49-21-8-4-16-44(40)49)63(99)92-55(31-39-35-84-48-20-7-3-15-43(39)48)61(97)88-52(64(100)101)24-12-28-81-68(76)77/h1-8,13-16,18-21,33-36,45,50-56,82-85H,9-12,17,22-32,69H2,(H,86,94)(H,87,96)(H,88,97)(H,89,93)(H,90,95)(H,91,98)(H,92,99)(H,100,101)(H4,70,71,78)(H4,72,73,79)(H4,74,75,80)(H4,76,77,81)/t45-,50-,51-,52-,53-,54-,55-,56-/m0/s1. The third-order valence-electron chi connectivity index (χ3n) is 17.1. The first-order chi connectivity index (χ1) is 48.5. The summed E-state index contributed by atoms with van der Waals surface area (Å²) in [7, 11) is 0. The van der Waals surface area contributed by atoms with Gasteiger partial charge in [0.1, 0.15) is 42.3 Å². The van der Waals surface area contributed by atoms with Gasteiger partial charge < -0.3 is 112 Å². The number of para-hydroxylation sites is 4. The molecule has 0 aliphatic carbocycles. The number of aromatic nitrogens is 4. The van der Waals surface area contributed by atoms with Gasteiger partial charge in [0, 0.05) is 120 Å². The summed E-state index contributed by atoms with van der Waals surface area (Å²) in [5.41, 5.74) is 33.9. The Bertz CT molecular complexity index is 4250. The molecule has 0 saturated heterocycles. The van der Waals surface area contributed by atoms with Crippen LogP contribution in [0.1, 0.15) is 73.6 Å². The third kappa shape index (κ3) is 21.9. The van der Waals surface area contributed by atoms with Crippen molar-refractivity contribution in [1.29, 1.82) is 21.6 Å². The zero-order valence-corrected chi connectivity index (χ0v) is 55.6. The minimum Gasteiger partial charge on any atom is -0.480 e. The molecule has 8 aromatic rings. The van der Waals surface area contributed by atoms with Gasteiger partial charge in [0.2, 0.25) is 41.4 Å². The maximum absolute atomic E-state index is 15.3. The van der Waals surface area contributed by atoms with Crippen molar-refractivity contribution in [1.82, 2.24) is 78.4 Å². The molecule has 8 rings (SSSR count). The average molecular weight is 1390 g/mol. The number of benzene rings is 4. The highest BCUT2D eigenvalue weighted by atomic mass is 16.4. The fraction of sp³-hybridized carbons (Fsp3) is 0.353. The van der Waals surface area contributed by atoms with Gasteiger partial charge >= 0.3 is 5.97 Å². The summed E-state index contributed by atoms with van der Waals surface area (Å²) in [6, 6.07) is 17.8. The topological polar surface area (TPSA) is 578 Å². The lowest BCUT2D eigenvalue weighted by Gasteiger charge is -2.28. The second-order valence-corrected chi connectivity index (χ2v) is 24.6. The van der Waals surface area contributed by atoms with Crippen molar-refractivity contribution in [2.45, 2.75) is 125 Å². The Kier molecular flexibility index (Phi) is 26.9. The van der Waals surface area contributed by atoms with Gasteiger partial charge in [-0.2, -0.15) is 0 Å². The van der Waals surface area contributed by atoms with Crippen LogP contribution in [0.2, 0.25) is 0 Å². The van der Waals surface area contributed by atoms with Gasteiger partial charge in [-0.1, -0.05) is 72.8 Å². The molecular formula is C68H90N24O9. The molecule has 0 aliphatic heterocycles. The number of aromatic amines is 4. The zero-order valence-electron chi connectivity index (χ0n) is 55.6. The van der Waals surface area contributed by atoms with Crippen molar-refractivity contribution < 1.29 is 43.5 Å². The second-order valence-electron chi connectivity index (χ2n) is 24.6. The molecule has 33 heteroatoms. The molecule has 0 fully saturated rings. The third-order valence-corrected chi connectivity index (χ3v) is 17.1. The molecule has 0 unspecified atom stereocenters.